The molecule has 20 heavy (non-hydrogen) atoms. The van der Waals surface area contributed by atoms with Crippen LogP contribution >= 0.6 is 0 Å². The highest BCUT2D eigenvalue weighted by atomic mass is 16.7. The zero-order valence-electron chi connectivity index (χ0n) is 12.3. The first-order valence-electron chi connectivity index (χ1n) is 7.34. The van der Waals surface area contributed by atoms with E-state index in [9.17, 15) is 0 Å². The molecule has 1 aliphatic carbocycles. The Hall–Kier alpha value is -1.32. The summed E-state index contributed by atoms with van der Waals surface area (Å²) in [7, 11) is 1.73. The molecule has 0 amide bonds. The van der Waals surface area contributed by atoms with E-state index in [0.29, 0.717) is 0 Å². The number of methoxy groups -OCH3 is 1. The van der Waals surface area contributed by atoms with Crippen molar-refractivity contribution in [3.63, 3.8) is 0 Å². The van der Waals surface area contributed by atoms with Gasteiger partial charge in [-0.2, -0.15) is 0 Å². The van der Waals surface area contributed by atoms with Gasteiger partial charge < -0.3 is 14.2 Å². The minimum Gasteiger partial charge on any atom is -0.496 e. The Morgan fingerprint density at radius 1 is 1.10 bits per heavy atom. The Bertz CT molecular complexity index is 501. The SMILES string of the molecule is COc1ccccc1C(C)=C1CCC2(CC1)OCCO2. The average molecular weight is 274 g/mol. The fraction of sp³-hybridized carbons (Fsp3) is 0.529. The van der Waals surface area contributed by atoms with Crippen LogP contribution in [0.15, 0.2) is 29.8 Å². The fourth-order valence-corrected chi connectivity index (χ4v) is 3.24. The monoisotopic (exact) mass is 274 g/mol. The fourth-order valence-electron chi connectivity index (χ4n) is 3.24. The van der Waals surface area contributed by atoms with Crippen LogP contribution in [0.4, 0.5) is 0 Å². The van der Waals surface area contributed by atoms with Crippen LogP contribution in [0.25, 0.3) is 5.57 Å². The molecule has 3 heteroatoms. The normalized spacial score (nSPS) is 21.2. The lowest BCUT2D eigenvalue weighted by Gasteiger charge is -2.33. The van der Waals surface area contributed by atoms with Gasteiger partial charge in [-0.1, -0.05) is 23.8 Å². The van der Waals surface area contributed by atoms with Gasteiger partial charge in [0.1, 0.15) is 5.75 Å². The van der Waals surface area contributed by atoms with Gasteiger partial charge in [0.05, 0.1) is 20.3 Å². The van der Waals surface area contributed by atoms with Gasteiger partial charge in [-0.15, -0.1) is 0 Å². The van der Waals surface area contributed by atoms with Crippen LogP contribution in [-0.2, 0) is 9.47 Å². The highest BCUT2D eigenvalue weighted by Crippen LogP contribution is 2.41. The van der Waals surface area contributed by atoms with Crippen molar-refractivity contribution >= 4 is 5.57 Å². The molecule has 0 atom stereocenters. The molecule has 0 radical (unpaired) electrons. The molecule has 0 aromatic heterocycles. The lowest BCUT2D eigenvalue weighted by Crippen LogP contribution is -2.33. The first-order valence-corrected chi connectivity index (χ1v) is 7.34. The van der Waals surface area contributed by atoms with Gasteiger partial charge >= 0.3 is 0 Å². The number of para-hydroxylation sites is 1. The number of hydrogen-bond acceptors (Lipinski definition) is 3. The van der Waals surface area contributed by atoms with Crippen LogP contribution in [-0.4, -0.2) is 26.1 Å². The van der Waals surface area contributed by atoms with Crippen molar-refractivity contribution in [2.45, 2.75) is 38.4 Å². The maximum atomic E-state index is 5.79. The van der Waals surface area contributed by atoms with E-state index in [-0.39, 0.29) is 5.79 Å². The molecule has 1 saturated heterocycles. The molecule has 0 unspecified atom stereocenters. The van der Waals surface area contributed by atoms with Crippen molar-refractivity contribution < 1.29 is 14.2 Å². The molecule has 1 saturated carbocycles. The van der Waals surface area contributed by atoms with E-state index < -0.39 is 0 Å². The summed E-state index contributed by atoms with van der Waals surface area (Å²) in [4.78, 5) is 0. The van der Waals surface area contributed by atoms with E-state index in [2.05, 4.69) is 19.1 Å². The summed E-state index contributed by atoms with van der Waals surface area (Å²) in [6, 6.07) is 8.23. The predicted molar refractivity (Wildman–Crippen MR) is 78.7 cm³/mol. The van der Waals surface area contributed by atoms with Gasteiger partial charge in [-0.25, -0.2) is 0 Å². The van der Waals surface area contributed by atoms with Crippen LogP contribution in [0.5, 0.6) is 5.75 Å². The minimum absolute atomic E-state index is 0.287. The van der Waals surface area contributed by atoms with Crippen LogP contribution in [0.3, 0.4) is 0 Å². The highest BCUT2D eigenvalue weighted by Gasteiger charge is 2.39. The van der Waals surface area contributed by atoms with Crippen LogP contribution < -0.4 is 4.74 Å². The van der Waals surface area contributed by atoms with Gasteiger partial charge in [0.2, 0.25) is 0 Å². The van der Waals surface area contributed by atoms with Crippen molar-refractivity contribution in [1.29, 1.82) is 0 Å². The average Bonchev–Trinajstić information content (AvgIpc) is 2.95. The second-order valence-corrected chi connectivity index (χ2v) is 5.54. The Morgan fingerprint density at radius 2 is 1.75 bits per heavy atom. The summed E-state index contributed by atoms with van der Waals surface area (Å²) in [5, 5.41) is 0. The molecular weight excluding hydrogens is 252 g/mol. The molecule has 0 bridgehead atoms. The zero-order chi connectivity index (χ0) is 14.0. The largest absolute Gasteiger partial charge is 0.496 e. The van der Waals surface area contributed by atoms with Gasteiger partial charge in [0, 0.05) is 18.4 Å². The van der Waals surface area contributed by atoms with E-state index >= 15 is 0 Å². The predicted octanol–water partition coefficient (Wildman–Crippen LogP) is 3.79. The Morgan fingerprint density at radius 3 is 2.40 bits per heavy atom. The summed E-state index contributed by atoms with van der Waals surface area (Å²) in [5.74, 6) is 0.663. The summed E-state index contributed by atoms with van der Waals surface area (Å²) in [5.41, 5.74) is 4.05. The van der Waals surface area contributed by atoms with Gasteiger partial charge in [-0.3, -0.25) is 0 Å². The molecule has 3 rings (SSSR count). The number of ether oxygens (including phenoxy) is 3. The molecule has 0 N–H and O–H groups in total. The van der Waals surface area contributed by atoms with Gasteiger partial charge in [0.15, 0.2) is 5.79 Å². The molecule has 1 heterocycles. The standard InChI is InChI=1S/C17H22O3/c1-13(15-5-3-4-6-16(15)18-2)14-7-9-17(10-8-14)19-11-12-20-17/h3-6H,7-12H2,1-2H3. The lowest BCUT2D eigenvalue weighted by molar-refractivity contribution is -0.171. The quantitative estimate of drug-likeness (QED) is 0.821. The van der Waals surface area contributed by atoms with Crippen molar-refractivity contribution in [2.24, 2.45) is 0 Å². The van der Waals surface area contributed by atoms with Crippen LogP contribution in [0.2, 0.25) is 0 Å². The Labute approximate surface area is 120 Å². The smallest absolute Gasteiger partial charge is 0.169 e. The first-order chi connectivity index (χ1) is 9.74. The number of rotatable bonds is 2. The van der Waals surface area contributed by atoms with E-state index in [0.717, 1.165) is 44.6 Å². The van der Waals surface area contributed by atoms with E-state index in [1.165, 1.54) is 16.7 Å². The molecule has 1 spiro atoms. The number of allylic oxidation sites excluding steroid dienone is 2. The zero-order valence-corrected chi connectivity index (χ0v) is 12.3. The summed E-state index contributed by atoms with van der Waals surface area (Å²) >= 11 is 0. The third-order valence-electron chi connectivity index (χ3n) is 4.47. The third kappa shape index (κ3) is 2.48. The number of hydrogen-bond donors (Lipinski definition) is 0. The second kappa shape index (κ2) is 5.58. The maximum Gasteiger partial charge on any atom is 0.169 e. The maximum absolute atomic E-state index is 5.79. The van der Waals surface area contributed by atoms with E-state index in [1.54, 1.807) is 7.11 Å². The van der Waals surface area contributed by atoms with Crippen molar-refractivity contribution in [1.82, 2.24) is 0 Å². The summed E-state index contributed by atoms with van der Waals surface area (Å²) in [6.45, 7) is 3.68. The van der Waals surface area contributed by atoms with Crippen molar-refractivity contribution in [3.8, 4) is 5.75 Å². The lowest BCUT2D eigenvalue weighted by atomic mass is 9.85. The molecule has 1 aromatic carbocycles. The molecule has 2 aliphatic rings. The molecule has 108 valence electrons. The second-order valence-electron chi connectivity index (χ2n) is 5.54. The molecule has 1 aliphatic heterocycles. The van der Waals surface area contributed by atoms with Gasteiger partial charge in [-0.05, 0) is 31.4 Å². The molecule has 3 nitrogen and oxygen atoms in total. The topological polar surface area (TPSA) is 27.7 Å². The van der Waals surface area contributed by atoms with Crippen LogP contribution in [0, 0.1) is 0 Å². The molecule has 1 aromatic rings. The minimum atomic E-state index is -0.287. The first kappa shape index (κ1) is 13.7. The molecule has 2 fully saturated rings. The number of benzene rings is 1. The van der Waals surface area contributed by atoms with Gasteiger partial charge in [0.25, 0.3) is 0 Å². The van der Waals surface area contributed by atoms with Crippen molar-refractivity contribution in [2.75, 3.05) is 20.3 Å². The Balaban J connectivity index is 1.81. The van der Waals surface area contributed by atoms with Crippen LogP contribution in [0.1, 0.15) is 38.2 Å². The molecular formula is C17H22O3. The van der Waals surface area contributed by atoms with Crippen molar-refractivity contribution in [3.05, 3.63) is 35.4 Å². The highest BCUT2D eigenvalue weighted by molar-refractivity contribution is 5.71. The van der Waals surface area contributed by atoms with E-state index in [1.807, 2.05) is 12.1 Å². The third-order valence-corrected chi connectivity index (χ3v) is 4.47. The Kier molecular flexibility index (Phi) is 3.81. The van der Waals surface area contributed by atoms with E-state index in [4.69, 9.17) is 14.2 Å². The summed E-state index contributed by atoms with van der Waals surface area (Å²) < 4.78 is 17.0. The summed E-state index contributed by atoms with van der Waals surface area (Å²) in [6.07, 6.45) is 4.03.